The van der Waals surface area contributed by atoms with E-state index in [9.17, 15) is 4.79 Å². The zero-order chi connectivity index (χ0) is 17.5. The SMILES string of the molecule is CC(C)=C[C@@H]1[C@H](C(=O)OCc2nc3ccccc3nc2C)C1(C)C. The van der Waals surface area contributed by atoms with Crippen molar-refractivity contribution in [1.29, 1.82) is 0 Å². The smallest absolute Gasteiger partial charge is 0.310 e. The van der Waals surface area contributed by atoms with Crippen molar-refractivity contribution in [3.63, 3.8) is 0 Å². The van der Waals surface area contributed by atoms with Gasteiger partial charge in [0.2, 0.25) is 0 Å². The third kappa shape index (κ3) is 3.05. The molecule has 0 bridgehead atoms. The number of allylic oxidation sites excluding steroid dienone is 2. The van der Waals surface area contributed by atoms with Crippen LogP contribution in [-0.4, -0.2) is 15.9 Å². The van der Waals surface area contributed by atoms with E-state index in [0.29, 0.717) is 0 Å². The van der Waals surface area contributed by atoms with Gasteiger partial charge in [0.1, 0.15) is 6.61 Å². The van der Waals surface area contributed by atoms with Crippen molar-refractivity contribution in [1.82, 2.24) is 9.97 Å². The van der Waals surface area contributed by atoms with E-state index >= 15 is 0 Å². The maximum atomic E-state index is 12.5. The van der Waals surface area contributed by atoms with Gasteiger partial charge >= 0.3 is 5.97 Å². The molecule has 0 unspecified atom stereocenters. The molecular formula is C20H24N2O2. The minimum absolute atomic E-state index is 0.0293. The van der Waals surface area contributed by atoms with Crippen LogP contribution in [0, 0.1) is 24.2 Å². The van der Waals surface area contributed by atoms with E-state index < -0.39 is 0 Å². The number of carbonyl (C=O) groups excluding carboxylic acids is 1. The Hall–Kier alpha value is -2.23. The summed E-state index contributed by atoms with van der Waals surface area (Å²) in [7, 11) is 0. The van der Waals surface area contributed by atoms with Crippen LogP contribution in [0.1, 0.15) is 39.1 Å². The van der Waals surface area contributed by atoms with Crippen molar-refractivity contribution >= 4 is 17.0 Å². The van der Waals surface area contributed by atoms with E-state index in [0.717, 1.165) is 22.4 Å². The van der Waals surface area contributed by atoms with Gasteiger partial charge in [-0.3, -0.25) is 4.79 Å². The Morgan fingerprint density at radius 2 is 1.83 bits per heavy atom. The van der Waals surface area contributed by atoms with Gasteiger partial charge in [0, 0.05) is 0 Å². The molecule has 3 rings (SSSR count). The summed E-state index contributed by atoms with van der Waals surface area (Å²) < 4.78 is 5.56. The molecule has 4 heteroatoms. The number of carbonyl (C=O) groups is 1. The second kappa shape index (κ2) is 6.00. The molecule has 1 aromatic carbocycles. The van der Waals surface area contributed by atoms with Crippen LogP contribution in [0.25, 0.3) is 11.0 Å². The Morgan fingerprint density at radius 3 is 2.46 bits per heavy atom. The zero-order valence-electron chi connectivity index (χ0n) is 15.0. The molecule has 0 radical (unpaired) electrons. The lowest BCUT2D eigenvalue weighted by molar-refractivity contribution is -0.147. The summed E-state index contributed by atoms with van der Waals surface area (Å²) in [6.07, 6.45) is 2.17. The third-order valence-electron chi connectivity index (χ3n) is 4.87. The first-order valence-corrected chi connectivity index (χ1v) is 8.34. The molecule has 0 spiro atoms. The molecule has 1 heterocycles. The van der Waals surface area contributed by atoms with Gasteiger partial charge in [0.25, 0.3) is 0 Å². The van der Waals surface area contributed by atoms with Crippen LogP contribution in [0.4, 0.5) is 0 Å². The van der Waals surface area contributed by atoms with Crippen LogP contribution in [0.3, 0.4) is 0 Å². The van der Waals surface area contributed by atoms with E-state index in [1.807, 2.05) is 31.2 Å². The average molecular weight is 324 g/mol. The van der Waals surface area contributed by atoms with E-state index in [1.165, 1.54) is 5.57 Å². The number of nitrogens with zero attached hydrogens (tertiary/aromatic N) is 2. The van der Waals surface area contributed by atoms with Crippen molar-refractivity contribution in [2.45, 2.75) is 41.2 Å². The van der Waals surface area contributed by atoms with Gasteiger partial charge in [-0.2, -0.15) is 0 Å². The van der Waals surface area contributed by atoms with E-state index in [4.69, 9.17) is 4.74 Å². The molecule has 4 nitrogen and oxygen atoms in total. The van der Waals surface area contributed by atoms with Crippen LogP contribution < -0.4 is 0 Å². The summed E-state index contributed by atoms with van der Waals surface area (Å²) in [6, 6.07) is 7.72. The maximum Gasteiger partial charge on any atom is 0.310 e. The third-order valence-corrected chi connectivity index (χ3v) is 4.87. The van der Waals surface area contributed by atoms with Crippen LogP contribution in [0.2, 0.25) is 0 Å². The first-order valence-electron chi connectivity index (χ1n) is 8.34. The van der Waals surface area contributed by atoms with Gasteiger partial charge in [-0.1, -0.05) is 37.6 Å². The molecule has 0 amide bonds. The molecule has 1 aromatic heterocycles. The normalized spacial score (nSPS) is 21.4. The fourth-order valence-corrected chi connectivity index (χ4v) is 3.29. The number of fused-ring (bicyclic) bond motifs is 1. The average Bonchev–Trinajstić information content (AvgIpc) is 3.04. The predicted octanol–water partition coefficient (Wildman–Crippen LogP) is 4.22. The summed E-state index contributed by atoms with van der Waals surface area (Å²) in [5, 5.41) is 0. The van der Waals surface area contributed by atoms with E-state index in [1.54, 1.807) is 0 Å². The summed E-state index contributed by atoms with van der Waals surface area (Å²) in [5.74, 6) is 0.0526. The van der Waals surface area contributed by atoms with Gasteiger partial charge in [0.15, 0.2) is 0 Å². The lowest BCUT2D eigenvalue weighted by Gasteiger charge is -2.08. The number of aromatic nitrogens is 2. The molecule has 0 aliphatic heterocycles. The highest BCUT2D eigenvalue weighted by atomic mass is 16.5. The molecule has 0 saturated heterocycles. The molecule has 0 N–H and O–H groups in total. The Balaban J connectivity index is 1.71. The zero-order valence-corrected chi connectivity index (χ0v) is 15.0. The molecule has 1 saturated carbocycles. The Labute approximate surface area is 143 Å². The van der Waals surface area contributed by atoms with Gasteiger partial charge in [-0.25, -0.2) is 9.97 Å². The van der Waals surface area contributed by atoms with Crippen molar-refractivity contribution in [3.8, 4) is 0 Å². The van der Waals surface area contributed by atoms with Crippen LogP contribution >= 0.6 is 0 Å². The topological polar surface area (TPSA) is 52.1 Å². The number of benzene rings is 1. The van der Waals surface area contributed by atoms with Crippen LogP contribution in [0.15, 0.2) is 35.9 Å². The summed E-state index contributed by atoms with van der Waals surface area (Å²) in [6.45, 7) is 10.4. The van der Waals surface area contributed by atoms with Crippen molar-refractivity contribution in [2.24, 2.45) is 17.3 Å². The van der Waals surface area contributed by atoms with Crippen LogP contribution in [-0.2, 0) is 16.1 Å². The number of rotatable bonds is 4. The monoisotopic (exact) mass is 324 g/mol. The van der Waals surface area contributed by atoms with Gasteiger partial charge in [-0.15, -0.1) is 0 Å². The molecule has 1 fully saturated rings. The van der Waals surface area contributed by atoms with E-state index in [2.05, 4.69) is 43.7 Å². The van der Waals surface area contributed by atoms with Crippen molar-refractivity contribution in [3.05, 3.63) is 47.3 Å². The molecule has 1 aliphatic rings. The lowest BCUT2D eigenvalue weighted by Crippen LogP contribution is -2.12. The summed E-state index contributed by atoms with van der Waals surface area (Å²) in [5.41, 5.74) is 4.41. The minimum Gasteiger partial charge on any atom is -0.459 e. The van der Waals surface area contributed by atoms with E-state index in [-0.39, 0.29) is 29.8 Å². The highest BCUT2D eigenvalue weighted by Gasteiger charge is 2.61. The van der Waals surface area contributed by atoms with Crippen molar-refractivity contribution in [2.75, 3.05) is 0 Å². The molecular weight excluding hydrogens is 300 g/mol. The Morgan fingerprint density at radius 1 is 1.21 bits per heavy atom. The Kier molecular flexibility index (Phi) is 4.16. The molecule has 2 atom stereocenters. The first kappa shape index (κ1) is 16.6. The van der Waals surface area contributed by atoms with Gasteiger partial charge < -0.3 is 4.74 Å². The lowest BCUT2D eigenvalue weighted by atomic mass is 10.1. The molecule has 1 aliphatic carbocycles. The summed E-state index contributed by atoms with van der Waals surface area (Å²) >= 11 is 0. The second-order valence-electron chi connectivity index (χ2n) is 7.42. The minimum atomic E-state index is -0.142. The largest absolute Gasteiger partial charge is 0.459 e. The number of esters is 1. The molecule has 126 valence electrons. The number of ether oxygens (including phenoxy) is 1. The first-order chi connectivity index (χ1) is 11.3. The van der Waals surface area contributed by atoms with Crippen molar-refractivity contribution < 1.29 is 9.53 Å². The predicted molar refractivity (Wildman–Crippen MR) is 94.3 cm³/mol. The Bertz CT molecular complexity index is 819. The fraction of sp³-hybridized carbons (Fsp3) is 0.450. The quantitative estimate of drug-likeness (QED) is 0.624. The summed E-state index contributed by atoms with van der Waals surface area (Å²) in [4.78, 5) is 21.6. The standard InChI is InChI=1S/C20H24N2O2/c1-12(2)10-14-18(20(14,4)5)19(23)24-11-17-13(3)21-15-8-6-7-9-16(15)22-17/h6-10,14,18H,11H2,1-5H3/t14-,18-/m1/s1. The number of para-hydroxylation sites is 2. The highest BCUT2D eigenvalue weighted by Crippen LogP contribution is 2.59. The van der Waals surface area contributed by atoms with Gasteiger partial charge in [-0.05, 0) is 44.2 Å². The number of aryl methyl sites for hydroxylation is 1. The number of hydrogen-bond donors (Lipinski definition) is 0. The van der Waals surface area contributed by atoms with Crippen LogP contribution in [0.5, 0.6) is 0 Å². The molecule has 2 aromatic rings. The fourth-order valence-electron chi connectivity index (χ4n) is 3.29. The number of hydrogen-bond acceptors (Lipinski definition) is 4. The second-order valence-corrected chi connectivity index (χ2v) is 7.42. The van der Waals surface area contributed by atoms with Gasteiger partial charge in [0.05, 0.1) is 28.3 Å². The highest BCUT2D eigenvalue weighted by molar-refractivity contribution is 5.78. The molecule has 24 heavy (non-hydrogen) atoms. The maximum absolute atomic E-state index is 12.5.